The maximum absolute atomic E-state index is 2.48. The largest absolute Gasteiger partial charge is 0.344 e. The SMILES string of the molecule is Cc1cc2ccc3c4ccccc4n(-c4cc(-c5ccccc5)cc(-c5ccccc5)c4)c3c2cc1N(C)c1ccccc1. The first kappa shape index (κ1) is 26.1. The summed E-state index contributed by atoms with van der Waals surface area (Å²) in [6.45, 7) is 2.21. The Balaban J connectivity index is 1.46. The van der Waals surface area contributed by atoms with Gasteiger partial charge in [0.15, 0.2) is 0 Å². The van der Waals surface area contributed by atoms with Crippen LogP contribution in [-0.2, 0) is 0 Å². The highest BCUT2D eigenvalue weighted by atomic mass is 15.1. The Labute approximate surface area is 258 Å². The molecule has 1 aromatic heterocycles. The van der Waals surface area contributed by atoms with E-state index in [0.717, 1.165) is 5.69 Å². The van der Waals surface area contributed by atoms with E-state index in [1.165, 1.54) is 71.8 Å². The lowest BCUT2D eigenvalue weighted by atomic mass is 9.97. The fourth-order valence-electron chi connectivity index (χ4n) is 6.69. The Hall–Kier alpha value is -5.60. The number of anilines is 2. The average molecular weight is 565 g/mol. The molecule has 0 N–H and O–H groups in total. The van der Waals surface area contributed by atoms with Crippen molar-refractivity contribution < 1.29 is 0 Å². The molecule has 0 bridgehead atoms. The van der Waals surface area contributed by atoms with Crippen molar-refractivity contribution in [1.82, 2.24) is 4.57 Å². The van der Waals surface area contributed by atoms with Crippen LogP contribution in [0.25, 0.3) is 60.5 Å². The molecule has 0 aliphatic heterocycles. The Bertz CT molecular complexity index is 2220. The third-order valence-electron chi connectivity index (χ3n) is 8.86. The molecule has 0 amide bonds. The summed E-state index contributed by atoms with van der Waals surface area (Å²) in [5, 5.41) is 5.01. The normalized spacial score (nSPS) is 11.4. The minimum absolute atomic E-state index is 1.16. The van der Waals surface area contributed by atoms with Gasteiger partial charge in [0.2, 0.25) is 0 Å². The smallest absolute Gasteiger partial charge is 0.0620 e. The first-order valence-corrected chi connectivity index (χ1v) is 15.2. The molecule has 0 spiro atoms. The molecule has 0 aliphatic rings. The summed E-state index contributed by atoms with van der Waals surface area (Å²) in [6, 6.07) is 57.1. The fourth-order valence-corrected chi connectivity index (χ4v) is 6.69. The summed E-state index contributed by atoms with van der Waals surface area (Å²) in [4.78, 5) is 2.30. The Kier molecular flexibility index (Phi) is 6.27. The standard InChI is InChI=1S/C42H32N2/c1-29-24-32-22-23-38-37-20-12-13-21-40(37)44(42(38)39(32)28-41(29)43(2)35-18-10-5-11-19-35)36-26-33(30-14-6-3-7-15-30)25-34(27-36)31-16-8-4-9-17-31/h3-28H,1-2H3. The summed E-state index contributed by atoms with van der Waals surface area (Å²) < 4.78 is 2.48. The third-order valence-corrected chi connectivity index (χ3v) is 8.86. The Morgan fingerprint density at radius 3 is 1.73 bits per heavy atom. The lowest BCUT2D eigenvalue weighted by Gasteiger charge is -2.23. The number of hydrogen-bond donors (Lipinski definition) is 0. The highest BCUT2D eigenvalue weighted by Gasteiger charge is 2.18. The van der Waals surface area contributed by atoms with Gasteiger partial charge in [-0.05, 0) is 88.7 Å². The maximum atomic E-state index is 2.48. The van der Waals surface area contributed by atoms with Crippen molar-refractivity contribution in [3.05, 3.63) is 163 Å². The molecule has 210 valence electrons. The first-order chi connectivity index (χ1) is 21.7. The van der Waals surface area contributed by atoms with Crippen LogP contribution in [0.1, 0.15) is 5.56 Å². The summed E-state index contributed by atoms with van der Waals surface area (Å²) in [5.74, 6) is 0. The zero-order valence-corrected chi connectivity index (χ0v) is 24.9. The van der Waals surface area contributed by atoms with Crippen molar-refractivity contribution in [3.63, 3.8) is 0 Å². The van der Waals surface area contributed by atoms with E-state index in [1.54, 1.807) is 0 Å². The van der Waals surface area contributed by atoms with Crippen molar-refractivity contribution in [2.45, 2.75) is 6.92 Å². The number of fused-ring (bicyclic) bond motifs is 5. The van der Waals surface area contributed by atoms with E-state index < -0.39 is 0 Å². The van der Waals surface area contributed by atoms with Gasteiger partial charge in [-0.25, -0.2) is 0 Å². The quantitative estimate of drug-likeness (QED) is 0.202. The van der Waals surface area contributed by atoms with Gasteiger partial charge in [0.25, 0.3) is 0 Å². The van der Waals surface area contributed by atoms with Crippen LogP contribution in [0.2, 0.25) is 0 Å². The second-order valence-electron chi connectivity index (χ2n) is 11.6. The van der Waals surface area contributed by atoms with Crippen LogP contribution in [0.4, 0.5) is 11.4 Å². The minimum Gasteiger partial charge on any atom is -0.344 e. The van der Waals surface area contributed by atoms with Crippen molar-refractivity contribution in [2.24, 2.45) is 0 Å². The van der Waals surface area contributed by atoms with Crippen molar-refractivity contribution in [1.29, 1.82) is 0 Å². The molecule has 0 radical (unpaired) electrons. The van der Waals surface area contributed by atoms with Crippen LogP contribution in [-0.4, -0.2) is 11.6 Å². The van der Waals surface area contributed by atoms with Crippen LogP contribution in [0.3, 0.4) is 0 Å². The summed E-state index contributed by atoms with van der Waals surface area (Å²) >= 11 is 0. The first-order valence-electron chi connectivity index (χ1n) is 15.2. The average Bonchev–Trinajstić information content (AvgIpc) is 3.43. The predicted molar refractivity (Wildman–Crippen MR) is 188 cm³/mol. The van der Waals surface area contributed by atoms with E-state index in [0.29, 0.717) is 0 Å². The lowest BCUT2D eigenvalue weighted by molar-refractivity contribution is 1.18. The summed E-state index contributed by atoms with van der Waals surface area (Å²) in [7, 11) is 2.16. The number of rotatable bonds is 5. The number of nitrogens with zero attached hydrogens (tertiary/aromatic N) is 2. The highest BCUT2D eigenvalue weighted by molar-refractivity contribution is 6.19. The number of hydrogen-bond acceptors (Lipinski definition) is 1. The fraction of sp³-hybridized carbons (Fsp3) is 0.0476. The topological polar surface area (TPSA) is 8.17 Å². The van der Waals surface area contributed by atoms with Crippen molar-refractivity contribution in [3.8, 4) is 27.9 Å². The van der Waals surface area contributed by atoms with Gasteiger partial charge >= 0.3 is 0 Å². The molecule has 8 aromatic rings. The van der Waals surface area contributed by atoms with E-state index in [4.69, 9.17) is 0 Å². The molecule has 7 aromatic carbocycles. The molecular weight excluding hydrogens is 532 g/mol. The lowest BCUT2D eigenvalue weighted by Crippen LogP contribution is -2.10. The van der Waals surface area contributed by atoms with Crippen LogP contribution in [0.15, 0.2) is 158 Å². The predicted octanol–water partition coefficient (Wildman–Crippen LogP) is 11.3. The van der Waals surface area contributed by atoms with Crippen LogP contribution < -0.4 is 4.90 Å². The Morgan fingerprint density at radius 2 is 1.07 bits per heavy atom. The van der Waals surface area contributed by atoms with E-state index in [-0.39, 0.29) is 0 Å². The number of benzene rings is 7. The van der Waals surface area contributed by atoms with Gasteiger partial charge in [0.1, 0.15) is 0 Å². The summed E-state index contributed by atoms with van der Waals surface area (Å²) in [5.41, 5.74) is 12.0. The number of aryl methyl sites for hydroxylation is 1. The third kappa shape index (κ3) is 4.35. The molecule has 8 rings (SSSR count). The van der Waals surface area contributed by atoms with Gasteiger partial charge in [-0.2, -0.15) is 0 Å². The van der Waals surface area contributed by atoms with Gasteiger partial charge in [0.05, 0.1) is 11.0 Å². The van der Waals surface area contributed by atoms with Gasteiger partial charge in [-0.3, -0.25) is 0 Å². The van der Waals surface area contributed by atoms with Crippen LogP contribution in [0.5, 0.6) is 0 Å². The molecule has 2 heteroatoms. The van der Waals surface area contributed by atoms with Gasteiger partial charge < -0.3 is 9.47 Å². The van der Waals surface area contributed by atoms with E-state index in [2.05, 4.69) is 181 Å². The molecule has 44 heavy (non-hydrogen) atoms. The molecule has 0 unspecified atom stereocenters. The molecular formula is C42H32N2. The highest BCUT2D eigenvalue weighted by Crippen LogP contribution is 2.41. The van der Waals surface area contributed by atoms with E-state index >= 15 is 0 Å². The molecule has 0 saturated carbocycles. The number of para-hydroxylation sites is 2. The van der Waals surface area contributed by atoms with E-state index in [1.807, 2.05) is 0 Å². The molecule has 0 fully saturated rings. The zero-order valence-electron chi connectivity index (χ0n) is 24.9. The molecule has 0 atom stereocenters. The molecule has 2 nitrogen and oxygen atoms in total. The second-order valence-corrected chi connectivity index (χ2v) is 11.6. The van der Waals surface area contributed by atoms with Gasteiger partial charge in [0, 0.05) is 40.3 Å². The monoisotopic (exact) mass is 564 g/mol. The zero-order chi connectivity index (χ0) is 29.6. The van der Waals surface area contributed by atoms with E-state index in [9.17, 15) is 0 Å². The van der Waals surface area contributed by atoms with Crippen molar-refractivity contribution >= 4 is 44.0 Å². The van der Waals surface area contributed by atoms with Gasteiger partial charge in [-0.15, -0.1) is 0 Å². The Morgan fingerprint density at radius 1 is 0.477 bits per heavy atom. The molecule has 1 heterocycles. The minimum atomic E-state index is 1.16. The molecule has 0 aliphatic carbocycles. The maximum Gasteiger partial charge on any atom is 0.0620 e. The second kappa shape index (κ2) is 10.6. The van der Waals surface area contributed by atoms with Crippen LogP contribution >= 0.6 is 0 Å². The van der Waals surface area contributed by atoms with Gasteiger partial charge in [-0.1, -0.05) is 109 Å². The van der Waals surface area contributed by atoms with Crippen LogP contribution in [0, 0.1) is 6.92 Å². The molecule has 0 saturated heterocycles. The van der Waals surface area contributed by atoms with Crippen molar-refractivity contribution in [2.75, 3.05) is 11.9 Å². The number of aromatic nitrogens is 1. The summed E-state index contributed by atoms with van der Waals surface area (Å²) in [6.07, 6.45) is 0.